The van der Waals surface area contributed by atoms with Crippen LogP contribution in [0.4, 0.5) is 5.13 Å². The Morgan fingerprint density at radius 3 is 2.86 bits per heavy atom. The average Bonchev–Trinajstić information content (AvgIpc) is 3.37. The lowest BCUT2D eigenvalue weighted by Gasteiger charge is -2.29. The van der Waals surface area contributed by atoms with Gasteiger partial charge < -0.3 is 4.74 Å². The van der Waals surface area contributed by atoms with Crippen molar-refractivity contribution in [2.45, 2.75) is 44.8 Å². The number of rotatable bonds is 5. The van der Waals surface area contributed by atoms with Gasteiger partial charge in [0.2, 0.25) is 15.9 Å². The number of ether oxygens (including phenoxy) is 1. The zero-order valence-electron chi connectivity index (χ0n) is 16.4. The highest BCUT2D eigenvalue weighted by Gasteiger charge is 2.40. The molecule has 2 aromatic rings. The van der Waals surface area contributed by atoms with E-state index in [0.29, 0.717) is 42.7 Å². The normalized spacial score (nSPS) is 23.1. The van der Waals surface area contributed by atoms with E-state index in [-0.39, 0.29) is 12.0 Å². The van der Waals surface area contributed by atoms with Gasteiger partial charge in [-0.15, -0.1) is 0 Å². The first kappa shape index (κ1) is 21.0. The SMILES string of the molecule is Cc1cc(Cl)cc2sc(N(CC3CCCO3)C(=O)C3CCCN3S(C)(=O)=O)nc12. The highest BCUT2D eigenvalue weighted by molar-refractivity contribution is 7.88. The largest absolute Gasteiger partial charge is 0.376 e. The van der Waals surface area contributed by atoms with Crippen LogP contribution in [-0.2, 0) is 19.6 Å². The van der Waals surface area contributed by atoms with Crippen LogP contribution in [0.2, 0.25) is 5.02 Å². The first-order valence-corrected chi connectivity index (χ1v) is 12.7. The second kappa shape index (κ2) is 8.11. The number of sulfonamides is 1. The second-order valence-electron chi connectivity index (χ2n) is 7.68. The molecule has 0 bridgehead atoms. The van der Waals surface area contributed by atoms with Crippen LogP contribution in [0, 0.1) is 6.92 Å². The Morgan fingerprint density at radius 2 is 2.17 bits per heavy atom. The summed E-state index contributed by atoms with van der Waals surface area (Å²) >= 11 is 7.59. The number of thiazole rings is 1. The van der Waals surface area contributed by atoms with Gasteiger partial charge in [0.15, 0.2) is 5.13 Å². The number of aryl methyl sites for hydroxylation is 1. The summed E-state index contributed by atoms with van der Waals surface area (Å²) in [5.74, 6) is -0.230. The number of carbonyl (C=O) groups excluding carboxylic acids is 1. The first-order chi connectivity index (χ1) is 13.7. The fraction of sp³-hybridized carbons (Fsp3) is 0.579. The summed E-state index contributed by atoms with van der Waals surface area (Å²) in [6.07, 6.45) is 4.12. The van der Waals surface area contributed by atoms with Crippen LogP contribution in [0.5, 0.6) is 0 Å². The molecule has 158 valence electrons. The molecule has 2 aliphatic rings. The standard InChI is InChI=1S/C19H24ClN3O4S2/c1-12-9-13(20)10-16-17(12)21-19(28-16)22(11-14-5-4-8-27-14)18(24)15-6-3-7-23(15)29(2,25)26/h9-10,14-15H,3-8,11H2,1-2H3. The maximum Gasteiger partial charge on any atom is 0.247 e. The molecule has 2 atom stereocenters. The Bertz CT molecular complexity index is 1030. The third-order valence-electron chi connectivity index (χ3n) is 5.46. The topological polar surface area (TPSA) is 79.8 Å². The van der Waals surface area contributed by atoms with E-state index in [1.807, 2.05) is 19.1 Å². The summed E-state index contributed by atoms with van der Waals surface area (Å²) in [6.45, 7) is 3.36. The molecule has 2 aliphatic heterocycles. The van der Waals surface area contributed by atoms with Crippen LogP contribution in [-0.4, -0.2) is 61.7 Å². The predicted molar refractivity (Wildman–Crippen MR) is 115 cm³/mol. The van der Waals surface area contributed by atoms with Crippen molar-refractivity contribution in [2.24, 2.45) is 0 Å². The molecule has 29 heavy (non-hydrogen) atoms. The molecule has 1 aromatic heterocycles. The minimum atomic E-state index is -3.46. The number of hydrogen-bond acceptors (Lipinski definition) is 6. The lowest BCUT2D eigenvalue weighted by Crippen LogP contribution is -2.49. The van der Waals surface area contributed by atoms with Crippen LogP contribution in [0.25, 0.3) is 10.2 Å². The maximum atomic E-state index is 13.5. The molecule has 0 N–H and O–H groups in total. The van der Waals surface area contributed by atoms with E-state index in [9.17, 15) is 13.2 Å². The zero-order valence-corrected chi connectivity index (χ0v) is 18.8. The van der Waals surface area contributed by atoms with Crippen molar-refractivity contribution in [2.75, 3.05) is 30.9 Å². The molecule has 7 nitrogen and oxygen atoms in total. The monoisotopic (exact) mass is 457 g/mol. The smallest absolute Gasteiger partial charge is 0.247 e. The van der Waals surface area contributed by atoms with E-state index in [4.69, 9.17) is 21.3 Å². The second-order valence-corrected chi connectivity index (χ2v) is 11.1. The summed E-state index contributed by atoms with van der Waals surface area (Å²) < 4.78 is 32.3. The van der Waals surface area contributed by atoms with E-state index in [1.54, 1.807) is 4.90 Å². The summed E-state index contributed by atoms with van der Waals surface area (Å²) in [5, 5.41) is 1.19. The highest BCUT2D eigenvalue weighted by atomic mass is 35.5. The zero-order chi connectivity index (χ0) is 20.8. The van der Waals surface area contributed by atoms with Crippen molar-refractivity contribution in [3.05, 3.63) is 22.7 Å². The number of benzene rings is 1. The van der Waals surface area contributed by atoms with Crippen LogP contribution in [0.15, 0.2) is 12.1 Å². The van der Waals surface area contributed by atoms with E-state index in [0.717, 1.165) is 34.9 Å². The van der Waals surface area contributed by atoms with Gasteiger partial charge in [-0.05, 0) is 50.3 Å². The Morgan fingerprint density at radius 1 is 1.38 bits per heavy atom. The van der Waals surface area contributed by atoms with Gasteiger partial charge in [0.1, 0.15) is 6.04 Å². The molecule has 0 saturated carbocycles. The van der Waals surface area contributed by atoms with Gasteiger partial charge in [0.25, 0.3) is 0 Å². The molecule has 2 saturated heterocycles. The van der Waals surface area contributed by atoms with Gasteiger partial charge in [0.05, 0.1) is 29.1 Å². The summed E-state index contributed by atoms with van der Waals surface area (Å²) in [6, 6.07) is 3.00. The Balaban J connectivity index is 1.71. The van der Waals surface area contributed by atoms with Gasteiger partial charge in [-0.3, -0.25) is 9.69 Å². The van der Waals surface area contributed by atoms with Crippen molar-refractivity contribution >= 4 is 54.2 Å². The van der Waals surface area contributed by atoms with E-state index in [2.05, 4.69) is 0 Å². The number of fused-ring (bicyclic) bond motifs is 1. The van der Waals surface area contributed by atoms with Gasteiger partial charge in [-0.25, -0.2) is 13.4 Å². The number of halogens is 1. The van der Waals surface area contributed by atoms with Crippen molar-refractivity contribution in [1.82, 2.24) is 9.29 Å². The minimum Gasteiger partial charge on any atom is -0.376 e. The molecule has 2 unspecified atom stereocenters. The molecule has 3 heterocycles. The van der Waals surface area contributed by atoms with Gasteiger partial charge in [0, 0.05) is 18.2 Å². The molecule has 0 spiro atoms. The number of carbonyl (C=O) groups is 1. The number of hydrogen-bond donors (Lipinski definition) is 0. The summed E-state index contributed by atoms with van der Waals surface area (Å²) in [5.41, 5.74) is 1.75. The quantitative estimate of drug-likeness (QED) is 0.688. The van der Waals surface area contributed by atoms with Crippen molar-refractivity contribution in [1.29, 1.82) is 0 Å². The van der Waals surface area contributed by atoms with E-state index < -0.39 is 16.1 Å². The number of amides is 1. The molecule has 4 rings (SSSR count). The number of aromatic nitrogens is 1. The minimum absolute atomic E-state index is 0.0660. The molecular weight excluding hydrogens is 434 g/mol. The average molecular weight is 458 g/mol. The molecule has 10 heteroatoms. The summed E-state index contributed by atoms with van der Waals surface area (Å²) in [4.78, 5) is 19.9. The molecule has 1 amide bonds. The van der Waals surface area contributed by atoms with Crippen LogP contribution < -0.4 is 4.90 Å². The fourth-order valence-electron chi connectivity index (χ4n) is 4.08. The number of anilines is 1. The Kier molecular flexibility index (Phi) is 5.87. The Labute approximate surface area is 179 Å². The van der Waals surface area contributed by atoms with Crippen LogP contribution >= 0.6 is 22.9 Å². The van der Waals surface area contributed by atoms with Crippen molar-refractivity contribution in [3.8, 4) is 0 Å². The van der Waals surface area contributed by atoms with Crippen molar-refractivity contribution in [3.63, 3.8) is 0 Å². The fourth-order valence-corrected chi connectivity index (χ4v) is 6.63. The van der Waals surface area contributed by atoms with Crippen LogP contribution in [0.1, 0.15) is 31.2 Å². The molecule has 0 radical (unpaired) electrons. The molecule has 0 aliphatic carbocycles. The molecular formula is C19H24ClN3O4S2. The lowest BCUT2D eigenvalue weighted by molar-refractivity contribution is -0.122. The van der Waals surface area contributed by atoms with Gasteiger partial charge >= 0.3 is 0 Å². The Hall–Kier alpha value is -1.26. The van der Waals surface area contributed by atoms with Crippen LogP contribution in [0.3, 0.4) is 0 Å². The van der Waals surface area contributed by atoms with E-state index >= 15 is 0 Å². The molecule has 1 aromatic carbocycles. The first-order valence-electron chi connectivity index (χ1n) is 9.70. The highest BCUT2D eigenvalue weighted by Crippen LogP contribution is 2.35. The molecule has 2 fully saturated rings. The maximum absolute atomic E-state index is 13.5. The number of nitrogens with zero attached hydrogens (tertiary/aromatic N) is 3. The lowest BCUT2D eigenvalue weighted by atomic mass is 10.2. The third kappa shape index (κ3) is 4.29. The van der Waals surface area contributed by atoms with Gasteiger partial charge in [-0.1, -0.05) is 22.9 Å². The summed E-state index contributed by atoms with van der Waals surface area (Å²) in [7, 11) is -3.46. The predicted octanol–water partition coefficient (Wildman–Crippen LogP) is 3.19. The van der Waals surface area contributed by atoms with Crippen molar-refractivity contribution < 1.29 is 17.9 Å². The van der Waals surface area contributed by atoms with E-state index in [1.165, 1.54) is 15.6 Å². The van der Waals surface area contributed by atoms with Gasteiger partial charge in [-0.2, -0.15) is 4.31 Å². The third-order valence-corrected chi connectivity index (χ3v) is 7.99.